The minimum atomic E-state index is -0.887. The van der Waals surface area contributed by atoms with E-state index in [1.165, 1.54) is 0 Å². The minimum absolute atomic E-state index is 0.255. The topological polar surface area (TPSA) is 164 Å². The predicted octanol–water partition coefficient (Wildman–Crippen LogP) is -2.42. The largest absolute Gasteiger partial charge is 0.478 e. The van der Waals surface area contributed by atoms with Crippen LogP contribution in [-0.4, -0.2) is 59.9 Å². The maximum Gasteiger partial charge on any atom is 0.336 e. The van der Waals surface area contributed by atoms with Crippen LogP contribution in [0.2, 0.25) is 0 Å². The zero-order valence-corrected chi connectivity index (χ0v) is 15.0. The molecule has 1 aromatic heterocycles. The summed E-state index contributed by atoms with van der Waals surface area (Å²) >= 11 is 0. The van der Waals surface area contributed by atoms with Crippen LogP contribution in [-0.2, 0) is 24.4 Å². The third-order valence-corrected chi connectivity index (χ3v) is 3.43. The van der Waals surface area contributed by atoms with E-state index in [0.717, 1.165) is 5.57 Å². The molecule has 0 aromatic carbocycles. The summed E-state index contributed by atoms with van der Waals surface area (Å²) in [5, 5.41) is 34.7. The Morgan fingerprint density at radius 3 is 1.12 bits per heavy atom. The third kappa shape index (κ3) is 6.10. The molecule has 0 atom stereocenters. The van der Waals surface area contributed by atoms with Gasteiger partial charge in [0.15, 0.2) is 0 Å². The molecule has 0 aliphatic rings. The van der Waals surface area contributed by atoms with Crippen molar-refractivity contribution in [2.24, 2.45) is 0 Å². The molecule has 148 valence electrons. The number of aromatic nitrogens is 3. The van der Waals surface area contributed by atoms with Crippen molar-refractivity contribution in [2.75, 3.05) is 19.8 Å². The van der Waals surface area contributed by atoms with Crippen LogP contribution in [0.5, 0.6) is 0 Å². The lowest BCUT2D eigenvalue weighted by Gasteiger charge is -2.11. The Morgan fingerprint density at radius 1 is 0.731 bits per heavy atom. The summed E-state index contributed by atoms with van der Waals surface area (Å²) < 4.78 is 2.06. The fourth-order valence-electron chi connectivity index (χ4n) is 1.77. The van der Waals surface area contributed by atoms with E-state index >= 15 is 0 Å². The number of hydrogen-bond acceptors (Lipinski definition) is 7. The molecule has 0 amide bonds. The number of aliphatic hydroxyl groups is 3. The molecule has 0 saturated carbocycles. The fraction of sp³-hybridized carbons (Fsp3) is 0.600. The van der Waals surface area contributed by atoms with E-state index < -0.39 is 42.9 Å². The molecular formula is C15H25N3O8. The molecule has 1 rings (SSSR count). The van der Waals surface area contributed by atoms with Crippen LogP contribution in [0, 0.1) is 0 Å². The highest BCUT2D eigenvalue weighted by Crippen LogP contribution is 1.99. The summed E-state index contributed by atoms with van der Waals surface area (Å²) in [6.45, 7) is 3.08. The van der Waals surface area contributed by atoms with Crippen LogP contribution >= 0.6 is 0 Å². The van der Waals surface area contributed by atoms with Gasteiger partial charge in [0.2, 0.25) is 0 Å². The van der Waals surface area contributed by atoms with Crippen molar-refractivity contribution in [1.29, 1.82) is 0 Å². The van der Waals surface area contributed by atoms with Crippen molar-refractivity contribution in [3.63, 3.8) is 0 Å². The smallest absolute Gasteiger partial charge is 0.336 e. The summed E-state index contributed by atoms with van der Waals surface area (Å²) in [4.78, 5) is 45.4. The van der Waals surface area contributed by atoms with E-state index in [2.05, 4.69) is 0 Å². The minimum Gasteiger partial charge on any atom is -0.478 e. The zero-order chi connectivity index (χ0) is 20.4. The fourth-order valence-corrected chi connectivity index (χ4v) is 1.77. The SMILES string of the molecule is CC(C)=C(C)C(=O)O.O=c1n(CCO)c(=O)n(CCO)c(=O)n1CCO. The lowest BCUT2D eigenvalue weighted by molar-refractivity contribution is -0.132. The van der Waals surface area contributed by atoms with Crippen molar-refractivity contribution in [2.45, 2.75) is 40.4 Å². The summed E-state index contributed by atoms with van der Waals surface area (Å²) in [6, 6.07) is 0. The molecule has 0 radical (unpaired) electrons. The lowest BCUT2D eigenvalue weighted by Crippen LogP contribution is -2.55. The summed E-state index contributed by atoms with van der Waals surface area (Å²) in [5.74, 6) is -0.829. The third-order valence-electron chi connectivity index (χ3n) is 3.43. The molecule has 1 heterocycles. The van der Waals surface area contributed by atoms with E-state index in [4.69, 9.17) is 20.4 Å². The van der Waals surface area contributed by atoms with Crippen LogP contribution in [0.1, 0.15) is 20.8 Å². The van der Waals surface area contributed by atoms with Crippen LogP contribution in [0.25, 0.3) is 0 Å². The van der Waals surface area contributed by atoms with E-state index in [9.17, 15) is 19.2 Å². The van der Waals surface area contributed by atoms with Gasteiger partial charge in [0.05, 0.1) is 39.5 Å². The first kappa shape index (κ1) is 23.5. The Hall–Kier alpha value is -2.50. The molecule has 0 spiro atoms. The van der Waals surface area contributed by atoms with Gasteiger partial charge in [0, 0.05) is 5.57 Å². The highest BCUT2D eigenvalue weighted by molar-refractivity contribution is 5.86. The number of nitrogens with zero attached hydrogens (tertiary/aromatic N) is 3. The number of hydrogen-bond donors (Lipinski definition) is 4. The number of carboxylic acid groups (broad SMARTS) is 1. The van der Waals surface area contributed by atoms with Crippen LogP contribution in [0.3, 0.4) is 0 Å². The number of carboxylic acids is 1. The van der Waals surface area contributed by atoms with Gasteiger partial charge >= 0.3 is 23.0 Å². The molecule has 11 nitrogen and oxygen atoms in total. The number of carbonyl (C=O) groups is 1. The Bertz CT molecular complexity index is 700. The van der Waals surface area contributed by atoms with Crippen molar-refractivity contribution in [3.8, 4) is 0 Å². The average molecular weight is 375 g/mol. The Morgan fingerprint density at radius 2 is 1.00 bits per heavy atom. The molecule has 0 fully saturated rings. The molecular weight excluding hydrogens is 350 g/mol. The molecule has 1 aromatic rings. The highest BCUT2D eigenvalue weighted by atomic mass is 16.4. The molecule has 0 unspecified atom stereocenters. The summed E-state index contributed by atoms with van der Waals surface area (Å²) in [6.07, 6.45) is 0. The first-order valence-corrected chi connectivity index (χ1v) is 7.78. The number of aliphatic hydroxyl groups excluding tert-OH is 3. The van der Waals surface area contributed by atoms with Gasteiger partial charge in [-0.2, -0.15) is 0 Å². The second kappa shape index (κ2) is 11.2. The Labute approximate surface area is 148 Å². The van der Waals surface area contributed by atoms with Gasteiger partial charge in [-0.3, -0.25) is 0 Å². The van der Waals surface area contributed by atoms with E-state index in [1.54, 1.807) is 20.8 Å². The van der Waals surface area contributed by atoms with Gasteiger partial charge in [0.1, 0.15) is 0 Å². The van der Waals surface area contributed by atoms with Crippen LogP contribution in [0.15, 0.2) is 25.5 Å². The summed E-state index contributed by atoms with van der Waals surface area (Å²) in [5.41, 5.74) is -1.37. The second-order valence-corrected chi connectivity index (χ2v) is 5.40. The predicted molar refractivity (Wildman–Crippen MR) is 92.2 cm³/mol. The monoisotopic (exact) mass is 375 g/mol. The van der Waals surface area contributed by atoms with Gasteiger partial charge in [-0.05, 0) is 20.8 Å². The molecule has 26 heavy (non-hydrogen) atoms. The van der Waals surface area contributed by atoms with Gasteiger partial charge in [0.25, 0.3) is 0 Å². The standard InChI is InChI=1S/C9H15N3O6.C6H10O2/c13-4-1-10-7(16)11(2-5-14)9(18)12(3-6-15)8(10)17;1-4(2)5(3)6(7)8/h13-15H,1-6H2;1-3H3,(H,7,8). The van der Waals surface area contributed by atoms with E-state index in [1.807, 2.05) is 0 Å². The van der Waals surface area contributed by atoms with Crippen molar-refractivity contribution < 1.29 is 25.2 Å². The quantitative estimate of drug-likeness (QED) is 0.382. The molecule has 0 saturated heterocycles. The normalized spacial score (nSPS) is 10.1. The van der Waals surface area contributed by atoms with Crippen molar-refractivity contribution in [3.05, 3.63) is 42.6 Å². The number of aliphatic carboxylic acids is 1. The Kier molecular flexibility index (Phi) is 10.1. The number of rotatable bonds is 7. The molecule has 0 aliphatic carbocycles. The van der Waals surface area contributed by atoms with Gasteiger partial charge in [-0.1, -0.05) is 5.57 Å². The second-order valence-electron chi connectivity index (χ2n) is 5.40. The van der Waals surface area contributed by atoms with Gasteiger partial charge < -0.3 is 20.4 Å². The molecule has 4 N–H and O–H groups in total. The Balaban J connectivity index is 0.000000660. The molecule has 11 heteroatoms. The van der Waals surface area contributed by atoms with E-state index in [0.29, 0.717) is 19.3 Å². The van der Waals surface area contributed by atoms with Gasteiger partial charge in [-0.15, -0.1) is 0 Å². The highest BCUT2D eigenvalue weighted by Gasteiger charge is 2.14. The number of allylic oxidation sites excluding steroid dienone is 1. The first-order valence-electron chi connectivity index (χ1n) is 7.78. The first-order chi connectivity index (χ1) is 12.1. The maximum absolute atomic E-state index is 11.8. The molecule has 0 bridgehead atoms. The van der Waals surface area contributed by atoms with Gasteiger partial charge in [-0.25, -0.2) is 32.9 Å². The van der Waals surface area contributed by atoms with Crippen molar-refractivity contribution >= 4 is 5.97 Å². The summed E-state index contributed by atoms with van der Waals surface area (Å²) in [7, 11) is 0. The maximum atomic E-state index is 11.8. The van der Waals surface area contributed by atoms with Crippen LogP contribution in [0.4, 0.5) is 0 Å². The molecule has 0 aliphatic heterocycles. The van der Waals surface area contributed by atoms with Crippen LogP contribution < -0.4 is 17.1 Å². The average Bonchev–Trinajstić information content (AvgIpc) is 2.59. The lowest BCUT2D eigenvalue weighted by atomic mass is 10.2. The van der Waals surface area contributed by atoms with Crippen molar-refractivity contribution in [1.82, 2.24) is 13.7 Å². The van der Waals surface area contributed by atoms with E-state index in [-0.39, 0.29) is 19.6 Å². The zero-order valence-electron chi connectivity index (χ0n) is 15.0.